The minimum absolute atomic E-state index is 0.159. The average molecular weight is 273 g/mol. The molecule has 0 bridgehead atoms. The molecule has 0 spiro atoms. The summed E-state index contributed by atoms with van der Waals surface area (Å²) < 4.78 is 7.45. The van der Waals surface area contributed by atoms with Gasteiger partial charge in [0.1, 0.15) is 5.75 Å². The van der Waals surface area contributed by atoms with Gasteiger partial charge in [-0.05, 0) is 36.6 Å². The topological polar surface area (TPSA) is 53.1 Å². The lowest BCUT2D eigenvalue weighted by atomic mass is 10.0. The van der Waals surface area contributed by atoms with Crippen molar-refractivity contribution < 1.29 is 4.74 Å². The van der Waals surface area contributed by atoms with Gasteiger partial charge in [-0.2, -0.15) is 5.10 Å². The van der Waals surface area contributed by atoms with Crippen molar-refractivity contribution in [3.05, 3.63) is 47.3 Å². The summed E-state index contributed by atoms with van der Waals surface area (Å²) >= 11 is 0. The molecule has 0 aliphatic carbocycles. The minimum atomic E-state index is -0.159. The van der Waals surface area contributed by atoms with Crippen LogP contribution in [0.2, 0.25) is 0 Å². The number of nitrogens with zero attached hydrogens (tertiary/aromatic N) is 2. The van der Waals surface area contributed by atoms with Gasteiger partial charge >= 0.3 is 0 Å². The van der Waals surface area contributed by atoms with Gasteiger partial charge in [-0.1, -0.05) is 26.0 Å². The van der Waals surface area contributed by atoms with Crippen LogP contribution >= 0.6 is 0 Å². The van der Waals surface area contributed by atoms with Gasteiger partial charge in [-0.3, -0.25) is 4.68 Å². The number of aromatic nitrogens is 2. The summed E-state index contributed by atoms with van der Waals surface area (Å²) in [5.74, 6) is 0.891. The Morgan fingerprint density at radius 1 is 1.25 bits per heavy atom. The Labute approximate surface area is 120 Å². The third kappa shape index (κ3) is 3.20. The summed E-state index contributed by atoms with van der Waals surface area (Å²) in [6.07, 6.45) is 1.93. The molecular formula is C16H23N3O. The fourth-order valence-electron chi connectivity index (χ4n) is 2.17. The minimum Gasteiger partial charge on any atom is -0.494 e. The molecule has 1 atom stereocenters. The van der Waals surface area contributed by atoms with Crippen LogP contribution < -0.4 is 10.5 Å². The Morgan fingerprint density at radius 3 is 2.50 bits per heavy atom. The van der Waals surface area contributed by atoms with Crippen LogP contribution in [0.25, 0.3) is 0 Å². The van der Waals surface area contributed by atoms with Crippen molar-refractivity contribution in [2.24, 2.45) is 12.8 Å². The van der Waals surface area contributed by atoms with Crippen molar-refractivity contribution in [3.63, 3.8) is 0 Å². The average Bonchev–Trinajstić information content (AvgIpc) is 2.86. The van der Waals surface area contributed by atoms with Crippen LogP contribution in [0, 0.1) is 0 Å². The standard InChI is InChI=1S/C16H23N3O/c1-4-10-20-14-8-6-12(7-9-14)16(17)15-11-13(5-2)18-19(15)3/h6-9,11,16H,4-5,10,17H2,1-3H3. The molecule has 0 aliphatic rings. The summed E-state index contributed by atoms with van der Waals surface area (Å²) in [4.78, 5) is 0. The third-order valence-electron chi connectivity index (χ3n) is 3.36. The molecule has 108 valence electrons. The molecule has 0 radical (unpaired) electrons. The molecule has 1 aromatic carbocycles. The number of aryl methyl sites for hydroxylation is 2. The van der Waals surface area contributed by atoms with Crippen LogP contribution in [0.4, 0.5) is 0 Å². The fraction of sp³-hybridized carbons (Fsp3) is 0.438. The van der Waals surface area contributed by atoms with Crippen LogP contribution in [-0.4, -0.2) is 16.4 Å². The van der Waals surface area contributed by atoms with Crippen molar-refractivity contribution in [1.82, 2.24) is 9.78 Å². The van der Waals surface area contributed by atoms with E-state index in [2.05, 4.69) is 25.0 Å². The molecular weight excluding hydrogens is 250 g/mol. The van der Waals surface area contributed by atoms with E-state index in [-0.39, 0.29) is 6.04 Å². The molecule has 4 nitrogen and oxygen atoms in total. The van der Waals surface area contributed by atoms with E-state index >= 15 is 0 Å². The number of rotatable bonds is 6. The van der Waals surface area contributed by atoms with Gasteiger partial charge in [0.25, 0.3) is 0 Å². The van der Waals surface area contributed by atoms with Gasteiger partial charge in [0.05, 0.1) is 24.0 Å². The lowest BCUT2D eigenvalue weighted by Gasteiger charge is -2.13. The van der Waals surface area contributed by atoms with E-state index in [1.807, 2.05) is 36.0 Å². The lowest BCUT2D eigenvalue weighted by Crippen LogP contribution is -2.15. The molecule has 2 rings (SSSR count). The highest BCUT2D eigenvalue weighted by atomic mass is 16.5. The Kier molecular flexibility index (Phi) is 4.79. The summed E-state index contributed by atoms with van der Waals surface area (Å²) in [6.45, 7) is 4.93. The molecule has 0 saturated carbocycles. The van der Waals surface area contributed by atoms with Gasteiger partial charge < -0.3 is 10.5 Å². The Bertz CT molecular complexity index is 545. The second kappa shape index (κ2) is 6.57. The van der Waals surface area contributed by atoms with E-state index in [0.29, 0.717) is 0 Å². The van der Waals surface area contributed by atoms with Gasteiger partial charge in [-0.15, -0.1) is 0 Å². The third-order valence-corrected chi connectivity index (χ3v) is 3.36. The fourth-order valence-corrected chi connectivity index (χ4v) is 2.17. The summed E-state index contributed by atoms with van der Waals surface area (Å²) in [5, 5.41) is 4.45. The zero-order valence-corrected chi connectivity index (χ0v) is 12.5. The first kappa shape index (κ1) is 14.6. The molecule has 4 heteroatoms. The summed E-state index contributed by atoms with van der Waals surface area (Å²) in [7, 11) is 1.94. The highest BCUT2D eigenvalue weighted by molar-refractivity contribution is 5.33. The van der Waals surface area contributed by atoms with E-state index in [4.69, 9.17) is 10.5 Å². The maximum atomic E-state index is 6.33. The van der Waals surface area contributed by atoms with E-state index in [9.17, 15) is 0 Å². The Balaban J connectivity index is 2.15. The van der Waals surface area contributed by atoms with Gasteiger partial charge in [0.15, 0.2) is 0 Å². The summed E-state index contributed by atoms with van der Waals surface area (Å²) in [6, 6.07) is 9.91. The Morgan fingerprint density at radius 2 is 1.95 bits per heavy atom. The number of nitrogens with two attached hydrogens (primary N) is 1. The number of ether oxygens (including phenoxy) is 1. The molecule has 2 N–H and O–H groups in total. The van der Waals surface area contributed by atoms with Crippen molar-refractivity contribution in [2.75, 3.05) is 6.61 Å². The van der Waals surface area contributed by atoms with Crippen molar-refractivity contribution >= 4 is 0 Å². The highest BCUT2D eigenvalue weighted by Crippen LogP contribution is 2.22. The SMILES string of the molecule is CCCOc1ccc(C(N)c2cc(CC)nn2C)cc1. The quantitative estimate of drug-likeness (QED) is 0.880. The van der Waals surface area contributed by atoms with Crippen LogP contribution in [0.1, 0.15) is 43.3 Å². The van der Waals surface area contributed by atoms with E-state index in [1.165, 1.54) is 0 Å². The molecule has 2 aromatic rings. The van der Waals surface area contributed by atoms with Gasteiger partial charge in [0.2, 0.25) is 0 Å². The largest absolute Gasteiger partial charge is 0.494 e. The predicted molar refractivity (Wildman–Crippen MR) is 80.8 cm³/mol. The van der Waals surface area contributed by atoms with E-state index < -0.39 is 0 Å². The van der Waals surface area contributed by atoms with Crippen LogP contribution in [0.15, 0.2) is 30.3 Å². The highest BCUT2D eigenvalue weighted by Gasteiger charge is 2.14. The zero-order valence-electron chi connectivity index (χ0n) is 12.5. The first-order valence-corrected chi connectivity index (χ1v) is 7.16. The number of benzene rings is 1. The molecule has 0 saturated heterocycles. The van der Waals surface area contributed by atoms with Crippen molar-refractivity contribution in [3.8, 4) is 5.75 Å². The molecule has 0 fully saturated rings. The monoisotopic (exact) mass is 273 g/mol. The summed E-state index contributed by atoms with van der Waals surface area (Å²) in [5.41, 5.74) is 9.50. The molecule has 1 unspecified atom stereocenters. The van der Waals surface area contributed by atoms with E-state index in [0.717, 1.165) is 42.1 Å². The molecule has 1 heterocycles. The van der Waals surface area contributed by atoms with Crippen molar-refractivity contribution in [2.45, 2.75) is 32.7 Å². The van der Waals surface area contributed by atoms with Crippen LogP contribution in [-0.2, 0) is 13.5 Å². The first-order chi connectivity index (χ1) is 9.65. The molecule has 0 amide bonds. The van der Waals surface area contributed by atoms with Crippen LogP contribution in [0.3, 0.4) is 0 Å². The Hall–Kier alpha value is -1.81. The second-order valence-electron chi connectivity index (χ2n) is 4.93. The molecule has 1 aromatic heterocycles. The lowest BCUT2D eigenvalue weighted by molar-refractivity contribution is 0.317. The first-order valence-electron chi connectivity index (χ1n) is 7.16. The van der Waals surface area contributed by atoms with Crippen molar-refractivity contribution in [1.29, 1.82) is 0 Å². The molecule has 0 aliphatic heterocycles. The zero-order chi connectivity index (χ0) is 14.5. The van der Waals surface area contributed by atoms with Gasteiger partial charge in [-0.25, -0.2) is 0 Å². The normalized spacial score (nSPS) is 12.4. The predicted octanol–water partition coefficient (Wildman–Crippen LogP) is 2.82. The van der Waals surface area contributed by atoms with Crippen LogP contribution in [0.5, 0.6) is 5.75 Å². The second-order valence-corrected chi connectivity index (χ2v) is 4.93. The number of hydrogen-bond donors (Lipinski definition) is 1. The van der Waals surface area contributed by atoms with E-state index in [1.54, 1.807) is 0 Å². The smallest absolute Gasteiger partial charge is 0.119 e. The molecule has 20 heavy (non-hydrogen) atoms. The number of hydrogen-bond acceptors (Lipinski definition) is 3. The van der Waals surface area contributed by atoms with Gasteiger partial charge in [0, 0.05) is 7.05 Å². The maximum Gasteiger partial charge on any atom is 0.119 e. The maximum absolute atomic E-state index is 6.33.